The smallest absolute Gasteiger partial charge is 0.207 e. The summed E-state index contributed by atoms with van der Waals surface area (Å²) in [5, 5.41) is 165. The highest BCUT2D eigenvalue weighted by Gasteiger charge is 2.30. The summed E-state index contributed by atoms with van der Waals surface area (Å²) in [6.45, 7) is -1.98. The molecule has 23 heteroatoms. The van der Waals surface area contributed by atoms with Crippen LogP contribution >= 0.6 is 0 Å². The normalized spacial score (nSPS) is 11.3. The molecule has 0 fully saturated rings. The SMILES string of the molecule is O=CNCC(NCc1cc(O)c(O)c(OCc2cc(O)c(O)c(O)c2)c1)(NCc1cc(O)c(O)c(OCc2cc(O)c(O)c(O)c2)c1)NCc1cc(O)c(O)c(OCc2cc(O)c(O)c(O)c2)c1. The van der Waals surface area contributed by atoms with Crippen molar-refractivity contribution in [2.24, 2.45) is 0 Å². The van der Waals surface area contributed by atoms with E-state index in [2.05, 4.69) is 21.3 Å². The number of amides is 1. The van der Waals surface area contributed by atoms with Gasteiger partial charge in [-0.05, 0) is 106 Å². The molecule has 68 heavy (non-hydrogen) atoms. The molecule has 0 radical (unpaired) electrons. The van der Waals surface area contributed by atoms with E-state index in [-0.39, 0.29) is 96.6 Å². The Hall–Kier alpha value is -8.93. The first-order chi connectivity index (χ1) is 32.3. The Balaban J connectivity index is 1.29. The second-order valence-electron chi connectivity index (χ2n) is 15.2. The molecule has 0 unspecified atom stereocenters. The van der Waals surface area contributed by atoms with Crippen LogP contribution in [-0.4, -0.2) is 95.3 Å². The summed E-state index contributed by atoms with van der Waals surface area (Å²) < 4.78 is 17.0. The molecule has 0 aliphatic rings. The molecular formula is C45H46N4O19. The quantitative estimate of drug-likeness (QED) is 0.0280. The van der Waals surface area contributed by atoms with E-state index in [1.807, 2.05) is 0 Å². The molecule has 0 aromatic heterocycles. The van der Waals surface area contributed by atoms with Gasteiger partial charge in [0.1, 0.15) is 25.6 Å². The van der Waals surface area contributed by atoms with Crippen molar-refractivity contribution in [3.05, 3.63) is 106 Å². The number of carbonyl (C=O) groups excluding carboxylic acids is 1. The molecule has 0 atom stereocenters. The van der Waals surface area contributed by atoms with Crippen molar-refractivity contribution < 1.29 is 95.6 Å². The van der Waals surface area contributed by atoms with Crippen LogP contribution in [0.1, 0.15) is 33.4 Å². The summed E-state index contributed by atoms with van der Waals surface area (Å²) in [6.07, 6.45) is 0.380. The summed E-state index contributed by atoms with van der Waals surface area (Å²) in [4.78, 5) is 11.8. The second-order valence-corrected chi connectivity index (χ2v) is 15.2. The predicted molar refractivity (Wildman–Crippen MR) is 234 cm³/mol. The number of nitrogens with one attached hydrogen (secondary N) is 4. The van der Waals surface area contributed by atoms with E-state index < -0.39 is 92.0 Å². The Morgan fingerprint density at radius 1 is 0.353 bits per heavy atom. The van der Waals surface area contributed by atoms with Crippen LogP contribution in [0.2, 0.25) is 0 Å². The highest BCUT2D eigenvalue weighted by atomic mass is 16.5. The molecule has 0 spiro atoms. The van der Waals surface area contributed by atoms with E-state index in [1.54, 1.807) is 0 Å². The van der Waals surface area contributed by atoms with Crippen LogP contribution < -0.4 is 35.5 Å². The van der Waals surface area contributed by atoms with Crippen LogP contribution in [-0.2, 0) is 44.2 Å². The highest BCUT2D eigenvalue weighted by molar-refractivity contribution is 5.56. The summed E-state index contributed by atoms with van der Waals surface area (Å²) in [6, 6.07) is 14.2. The Kier molecular flexibility index (Phi) is 14.6. The van der Waals surface area contributed by atoms with Gasteiger partial charge < -0.3 is 96.1 Å². The number of phenols is 15. The maximum atomic E-state index is 11.8. The minimum Gasteiger partial charge on any atom is -0.504 e. The van der Waals surface area contributed by atoms with Gasteiger partial charge >= 0.3 is 0 Å². The van der Waals surface area contributed by atoms with Crippen LogP contribution in [0.4, 0.5) is 0 Å². The molecule has 6 aromatic carbocycles. The fourth-order valence-corrected chi connectivity index (χ4v) is 6.63. The summed E-state index contributed by atoms with van der Waals surface area (Å²) >= 11 is 0. The predicted octanol–water partition coefficient (Wildman–Crippen LogP) is 3.08. The summed E-state index contributed by atoms with van der Waals surface area (Å²) in [5.74, 6) is -12.4. The molecule has 23 nitrogen and oxygen atoms in total. The second kappa shape index (κ2) is 20.5. The first kappa shape index (κ1) is 48.5. The Labute approximate surface area is 384 Å². The lowest BCUT2D eigenvalue weighted by Gasteiger charge is -2.37. The average molecular weight is 947 g/mol. The van der Waals surface area contributed by atoms with Crippen molar-refractivity contribution in [2.75, 3.05) is 6.54 Å². The van der Waals surface area contributed by atoms with E-state index in [4.69, 9.17) is 14.2 Å². The average Bonchev–Trinajstić information content (AvgIpc) is 3.30. The molecule has 1 amide bonds. The topological polar surface area (TPSA) is 396 Å². The van der Waals surface area contributed by atoms with Gasteiger partial charge in [-0.3, -0.25) is 20.7 Å². The molecule has 6 aromatic rings. The fourth-order valence-electron chi connectivity index (χ4n) is 6.63. The lowest BCUT2D eigenvalue weighted by Crippen LogP contribution is -2.70. The van der Waals surface area contributed by atoms with Gasteiger partial charge in [0.2, 0.25) is 23.7 Å². The number of hydrogen-bond acceptors (Lipinski definition) is 22. The Morgan fingerprint density at radius 2 is 0.588 bits per heavy atom. The van der Waals surface area contributed by atoms with Gasteiger partial charge in [0.05, 0.1) is 6.54 Å². The van der Waals surface area contributed by atoms with E-state index >= 15 is 0 Å². The fraction of sp³-hybridized carbons (Fsp3) is 0.178. The van der Waals surface area contributed by atoms with E-state index in [0.717, 1.165) is 36.4 Å². The number of ether oxygens (including phenoxy) is 3. The monoisotopic (exact) mass is 946 g/mol. The third kappa shape index (κ3) is 11.5. The molecule has 0 saturated carbocycles. The van der Waals surface area contributed by atoms with Crippen molar-refractivity contribution in [3.8, 4) is 103 Å². The van der Waals surface area contributed by atoms with E-state index in [1.165, 1.54) is 36.4 Å². The van der Waals surface area contributed by atoms with Crippen molar-refractivity contribution in [2.45, 2.75) is 45.2 Å². The van der Waals surface area contributed by atoms with Crippen molar-refractivity contribution >= 4 is 6.41 Å². The summed E-state index contributed by atoms with van der Waals surface area (Å²) in [7, 11) is 0. The number of aromatic hydroxyl groups is 15. The van der Waals surface area contributed by atoms with Gasteiger partial charge in [-0.15, -0.1) is 0 Å². The van der Waals surface area contributed by atoms with Crippen LogP contribution in [0.5, 0.6) is 103 Å². The van der Waals surface area contributed by atoms with Crippen LogP contribution in [0.25, 0.3) is 0 Å². The first-order valence-electron chi connectivity index (χ1n) is 19.9. The summed E-state index contributed by atoms with van der Waals surface area (Å²) in [5.41, 5.74) is 1.31. The van der Waals surface area contributed by atoms with Crippen molar-refractivity contribution in [1.29, 1.82) is 0 Å². The zero-order valence-corrected chi connectivity index (χ0v) is 35.3. The maximum Gasteiger partial charge on any atom is 0.207 e. The third-order valence-electron chi connectivity index (χ3n) is 10.1. The molecule has 0 heterocycles. The van der Waals surface area contributed by atoms with Crippen molar-refractivity contribution in [1.82, 2.24) is 21.3 Å². The number of phenolic OH excluding ortho intramolecular Hbond substituents is 15. The van der Waals surface area contributed by atoms with Crippen LogP contribution in [0.3, 0.4) is 0 Å². The van der Waals surface area contributed by atoms with Crippen LogP contribution in [0, 0.1) is 0 Å². The van der Waals surface area contributed by atoms with Gasteiger partial charge in [0.15, 0.2) is 86.2 Å². The zero-order valence-electron chi connectivity index (χ0n) is 35.3. The molecule has 0 aliphatic heterocycles. The molecular weight excluding hydrogens is 901 g/mol. The number of hydrogen-bond donors (Lipinski definition) is 19. The standard InChI is InChI=1S/C45H46N4O19/c50-20-46-19-45(47-13-21-1-33(57)42(63)36(10-21)66-16-24-4-27(51)39(60)28(52)5-24,48-14-22-2-34(58)43(64)37(11-22)67-17-25-6-29(53)40(61)30(54)7-25)49-15-23-3-35(59)44(65)38(12-23)68-18-26-8-31(55)41(62)32(56)9-26/h1-12,20,47-49,51-65H,13-19H2,(H,46,50). The minimum absolute atomic E-state index is 0.174. The molecule has 19 N–H and O–H groups in total. The van der Waals surface area contributed by atoms with E-state index in [0.29, 0.717) is 6.41 Å². The Bertz CT molecular complexity index is 2460. The Morgan fingerprint density at radius 3 is 0.838 bits per heavy atom. The minimum atomic E-state index is -1.64. The van der Waals surface area contributed by atoms with Crippen molar-refractivity contribution in [3.63, 3.8) is 0 Å². The van der Waals surface area contributed by atoms with Gasteiger partial charge in [0, 0.05) is 19.6 Å². The van der Waals surface area contributed by atoms with Gasteiger partial charge in [-0.2, -0.15) is 0 Å². The molecule has 0 bridgehead atoms. The molecule has 6 rings (SSSR count). The van der Waals surface area contributed by atoms with Gasteiger partial charge in [0.25, 0.3) is 0 Å². The molecule has 0 aliphatic carbocycles. The molecule has 360 valence electrons. The number of carbonyl (C=O) groups is 1. The lowest BCUT2D eigenvalue weighted by atomic mass is 10.1. The van der Waals surface area contributed by atoms with Crippen LogP contribution in [0.15, 0.2) is 72.8 Å². The first-order valence-corrected chi connectivity index (χ1v) is 19.9. The van der Waals surface area contributed by atoms with E-state index in [9.17, 15) is 81.4 Å². The number of benzene rings is 6. The van der Waals surface area contributed by atoms with Gasteiger partial charge in [-0.25, -0.2) is 0 Å². The number of rotatable bonds is 21. The maximum absolute atomic E-state index is 11.8. The highest BCUT2D eigenvalue weighted by Crippen LogP contribution is 2.42. The largest absolute Gasteiger partial charge is 0.504 e. The molecule has 0 saturated heterocycles. The lowest BCUT2D eigenvalue weighted by molar-refractivity contribution is -0.110. The van der Waals surface area contributed by atoms with Gasteiger partial charge in [-0.1, -0.05) is 0 Å². The zero-order chi connectivity index (χ0) is 49.4. The third-order valence-corrected chi connectivity index (χ3v) is 10.1.